The molecule has 0 bridgehead atoms. The van der Waals surface area contributed by atoms with Crippen molar-refractivity contribution in [1.82, 2.24) is 0 Å². The fourth-order valence-corrected chi connectivity index (χ4v) is 6.28. The van der Waals surface area contributed by atoms with Gasteiger partial charge in [0.1, 0.15) is 5.00 Å². The number of amides is 1. The molecule has 1 amide bonds. The fraction of sp³-hybridized carbons (Fsp3) is 0.357. The maximum atomic E-state index is 13.1. The highest BCUT2D eigenvalue weighted by Gasteiger charge is 2.27. The molecular formula is C28H30N2O3S. The molecule has 0 radical (unpaired) electrons. The molecule has 5 nitrogen and oxygen atoms in total. The van der Waals surface area contributed by atoms with Crippen LogP contribution in [0, 0.1) is 0 Å². The number of para-hydroxylation sites is 1. The number of esters is 1. The minimum atomic E-state index is -0.339. The van der Waals surface area contributed by atoms with Crippen LogP contribution in [-0.2, 0) is 30.5 Å². The summed E-state index contributed by atoms with van der Waals surface area (Å²) in [5, 5.41) is 3.62. The Kier molecular flexibility index (Phi) is 6.68. The molecule has 5 rings (SSSR count). The number of rotatable bonds is 6. The van der Waals surface area contributed by atoms with E-state index in [4.69, 9.17) is 4.74 Å². The number of carbonyl (C=O) groups excluding carboxylic acids is 2. The van der Waals surface area contributed by atoms with E-state index < -0.39 is 0 Å². The molecule has 6 heteroatoms. The van der Waals surface area contributed by atoms with Crippen LogP contribution in [0.2, 0.25) is 0 Å². The Hall–Kier alpha value is -3.12. The number of anilines is 2. The van der Waals surface area contributed by atoms with Crippen molar-refractivity contribution in [3.8, 4) is 0 Å². The number of hydrogen-bond acceptors (Lipinski definition) is 5. The van der Waals surface area contributed by atoms with Gasteiger partial charge in [-0.3, -0.25) is 4.79 Å². The third kappa shape index (κ3) is 4.60. The van der Waals surface area contributed by atoms with E-state index in [2.05, 4.69) is 34.5 Å². The summed E-state index contributed by atoms with van der Waals surface area (Å²) in [5.74, 6) is -0.534. The van der Waals surface area contributed by atoms with Gasteiger partial charge in [-0.05, 0) is 80.3 Å². The summed E-state index contributed by atoms with van der Waals surface area (Å²) in [7, 11) is 0. The zero-order chi connectivity index (χ0) is 23.5. The lowest BCUT2D eigenvalue weighted by Crippen LogP contribution is -2.28. The van der Waals surface area contributed by atoms with Crippen LogP contribution in [0.15, 0.2) is 48.5 Å². The first-order chi connectivity index (χ1) is 16.6. The van der Waals surface area contributed by atoms with E-state index in [1.165, 1.54) is 33.0 Å². The summed E-state index contributed by atoms with van der Waals surface area (Å²) >= 11 is 1.52. The van der Waals surface area contributed by atoms with E-state index in [0.717, 1.165) is 57.2 Å². The Morgan fingerprint density at radius 1 is 1.00 bits per heavy atom. The van der Waals surface area contributed by atoms with Gasteiger partial charge in [0.25, 0.3) is 5.91 Å². The van der Waals surface area contributed by atoms with Crippen LogP contribution < -0.4 is 10.2 Å². The lowest BCUT2D eigenvalue weighted by atomic mass is 9.95. The third-order valence-electron chi connectivity index (χ3n) is 6.67. The lowest BCUT2D eigenvalue weighted by molar-refractivity contribution is 0.0526. The van der Waals surface area contributed by atoms with Crippen LogP contribution in [-0.4, -0.2) is 25.0 Å². The van der Waals surface area contributed by atoms with Crippen molar-refractivity contribution in [2.24, 2.45) is 0 Å². The van der Waals surface area contributed by atoms with Gasteiger partial charge in [0.2, 0.25) is 0 Å². The highest BCUT2D eigenvalue weighted by Crippen LogP contribution is 2.39. The second kappa shape index (κ2) is 10.0. The summed E-state index contributed by atoms with van der Waals surface area (Å²) in [5.41, 5.74) is 6.08. The van der Waals surface area contributed by atoms with Crippen LogP contribution in [0.3, 0.4) is 0 Å². The number of nitrogens with zero attached hydrogens (tertiary/aromatic N) is 1. The molecule has 3 aromatic rings. The van der Waals surface area contributed by atoms with Gasteiger partial charge in [0, 0.05) is 29.2 Å². The molecule has 0 saturated heterocycles. The van der Waals surface area contributed by atoms with Crippen LogP contribution in [0.25, 0.3) is 0 Å². The van der Waals surface area contributed by atoms with Crippen molar-refractivity contribution in [2.45, 2.75) is 52.0 Å². The number of fused-ring (bicyclic) bond motifs is 2. The molecule has 0 atom stereocenters. The molecule has 1 N–H and O–H groups in total. The molecule has 2 heterocycles. The van der Waals surface area contributed by atoms with Crippen LogP contribution in [0.4, 0.5) is 10.7 Å². The van der Waals surface area contributed by atoms with Gasteiger partial charge in [0.15, 0.2) is 0 Å². The first-order valence-corrected chi connectivity index (χ1v) is 13.0. The largest absolute Gasteiger partial charge is 0.462 e. The number of nitrogens with one attached hydrogen (secondary N) is 1. The predicted octanol–water partition coefficient (Wildman–Crippen LogP) is 6.01. The van der Waals surface area contributed by atoms with Crippen molar-refractivity contribution in [2.75, 3.05) is 23.4 Å². The second-order valence-corrected chi connectivity index (χ2v) is 10.0. The van der Waals surface area contributed by atoms with E-state index in [1.54, 1.807) is 6.92 Å². The van der Waals surface area contributed by atoms with E-state index >= 15 is 0 Å². The highest BCUT2D eigenvalue weighted by atomic mass is 32.1. The molecule has 0 spiro atoms. The van der Waals surface area contributed by atoms with Gasteiger partial charge in [-0.15, -0.1) is 11.3 Å². The maximum Gasteiger partial charge on any atom is 0.341 e. The number of benzene rings is 2. The molecule has 34 heavy (non-hydrogen) atoms. The van der Waals surface area contributed by atoms with Crippen molar-refractivity contribution in [3.63, 3.8) is 0 Å². The molecule has 0 fully saturated rings. The Morgan fingerprint density at radius 3 is 2.62 bits per heavy atom. The van der Waals surface area contributed by atoms with E-state index in [0.29, 0.717) is 22.7 Å². The Labute approximate surface area is 204 Å². The molecular weight excluding hydrogens is 444 g/mol. The second-order valence-electron chi connectivity index (χ2n) is 8.94. The molecule has 0 saturated carbocycles. The number of carbonyl (C=O) groups is 2. The Bertz CT molecular complexity index is 1200. The predicted molar refractivity (Wildman–Crippen MR) is 137 cm³/mol. The SMILES string of the molecule is CCOC(=O)c1c(NC(=O)c2ccc(CN3CCCc4ccccc43)cc2)sc2c1CCCC2. The first-order valence-electron chi connectivity index (χ1n) is 12.2. The maximum absolute atomic E-state index is 13.1. The number of aryl methyl sites for hydroxylation is 2. The van der Waals surface area contributed by atoms with Crippen molar-refractivity contribution >= 4 is 33.9 Å². The summed E-state index contributed by atoms with van der Waals surface area (Å²) < 4.78 is 5.30. The van der Waals surface area contributed by atoms with E-state index in [-0.39, 0.29) is 11.9 Å². The number of hydrogen-bond donors (Lipinski definition) is 1. The summed E-state index contributed by atoms with van der Waals surface area (Å²) in [6.45, 7) is 3.99. The number of thiophene rings is 1. The molecule has 1 aliphatic heterocycles. The van der Waals surface area contributed by atoms with E-state index in [9.17, 15) is 9.59 Å². The fourth-order valence-electron chi connectivity index (χ4n) is 5.01. The van der Waals surface area contributed by atoms with Gasteiger partial charge >= 0.3 is 5.97 Å². The van der Waals surface area contributed by atoms with Gasteiger partial charge in [-0.1, -0.05) is 30.3 Å². The first kappa shape index (κ1) is 22.7. The number of ether oxygens (including phenoxy) is 1. The molecule has 2 aromatic carbocycles. The zero-order valence-corrected chi connectivity index (χ0v) is 20.4. The molecule has 1 aromatic heterocycles. The van der Waals surface area contributed by atoms with Crippen LogP contribution in [0.1, 0.15) is 68.5 Å². The average Bonchev–Trinajstić information content (AvgIpc) is 3.22. The van der Waals surface area contributed by atoms with Gasteiger partial charge in [-0.2, -0.15) is 0 Å². The third-order valence-corrected chi connectivity index (χ3v) is 7.88. The summed E-state index contributed by atoms with van der Waals surface area (Å²) in [6, 6.07) is 16.4. The Morgan fingerprint density at radius 2 is 1.79 bits per heavy atom. The molecule has 176 valence electrons. The zero-order valence-electron chi connectivity index (χ0n) is 19.6. The van der Waals surface area contributed by atoms with E-state index in [1.807, 2.05) is 24.3 Å². The average molecular weight is 475 g/mol. The van der Waals surface area contributed by atoms with Crippen molar-refractivity contribution < 1.29 is 14.3 Å². The standard InChI is InChI=1S/C28H30N2O3S/c1-2-33-28(32)25-22-10-4-6-12-24(22)34-27(25)29-26(31)21-15-13-19(14-16-21)18-30-17-7-9-20-8-3-5-11-23(20)30/h3,5,8,11,13-16H,2,4,6-7,9-10,12,17-18H2,1H3,(H,29,31). The molecule has 1 aliphatic carbocycles. The monoisotopic (exact) mass is 474 g/mol. The smallest absolute Gasteiger partial charge is 0.341 e. The minimum absolute atomic E-state index is 0.195. The minimum Gasteiger partial charge on any atom is -0.462 e. The van der Waals surface area contributed by atoms with Crippen molar-refractivity contribution in [1.29, 1.82) is 0 Å². The van der Waals surface area contributed by atoms with Gasteiger partial charge in [0.05, 0.1) is 12.2 Å². The quantitative estimate of drug-likeness (QED) is 0.445. The van der Waals surface area contributed by atoms with Crippen LogP contribution in [0.5, 0.6) is 0 Å². The Balaban J connectivity index is 1.31. The van der Waals surface area contributed by atoms with Crippen molar-refractivity contribution in [3.05, 3.63) is 81.2 Å². The summed E-state index contributed by atoms with van der Waals surface area (Å²) in [4.78, 5) is 29.3. The van der Waals surface area contributed by atoms with Gasteiger partial charge < -0.3 is 15.0 Å². The molecule has 0 unspecified atom stereocenters. The normalized spacial score (nSPS) is 14.8. The van der Waals surface area contributed by atoms with Crippen LogP contribution >= 0.6 is 11.3 Å². The summed E-state index contributed by atoms with van der Waals surface area (Å²) in [6.07, 6.45) is 6.29. The van der Waals surface area contributed by atoms with Gasteiger partial charge in [-0.25, -0.2) is 4.79 Å². The highest BCUT2D eigenvalue weighted by molar-refractivity contribution is 7.17. The topological polar surface area (TPSA) is 58.6 Å². The molecule has 2 aliphatic rings. The lowest BCUT2D eigenvalue weighted by Gasteiger charge is -2.31.